The Kier molecular flexibility index (Phi) is 4.74. The Bertz CT molecular complexity index is 559. The molecular weight excluding hydrogens is 280 g/mol. The molecule has 1 aliphatic heterocycles. The van der Waals surface area contributed by atoms with Gasteiger partial charge in [-0.3, -0.25) is 4.79 Å². The fourth-order valence-electron chi connectivity index (χ4n) is 2.31. The second kappa shape index (κ2) is 6.34. The van der Waals surface area contributed by atoms with Gasteiger partial charge in [0, 0.05) is 19.1 Å². The first-order valence-corrected chi connectivity index (χ1v) is 8.09. The Balaban J connectivity index is 1.96. The summed E-state index contributed by atoms with van der Waals surface area (Å²) in [6.07, 6.45) is 0.316. The average Bonchev–Trinajstić information content (AvgIpc) is 2.39. The lowest BCUT2D eigenvalue weighted by atomic mass is 9.97. The third-order valence-electron chi connectivity index (χ3n) is 3.25. The van der Waals surface area contributed by atoms with Crippen LogP contribution in [0.15, 0.2) is 30.3 Å². The lowest BCUT2D eigenvalue weighted by Crippen LogP contribution is -2.50. The molecule has 0 bridgehead atoms. The van der Waals surface area contributed by atoms with Gasteiger partial charge in [-0.1, -0.05) is 30.3 Å². The second-order valence-corrected chi connectivity index (χ2v) is 6.74. The van der Waals surface area contributed by atoms with Crippen LogP contribution in [0.2, 0.25) is 0 Å². The minimum Gasteiger partial charge on any atom is -0.481 e. The summed E-state index contributed by atoms with van der Waals surface area (Å²) in [6.45, 7) is 0.837. The Morgan fingerprint density at radius 1 is 1.30 bits per heavy atom. The maximum Gasteiger partial charge on any atom is 0.307 e. The van der Waals surface area contributed by atoms with Crippen LogP contribution in [0, 0.1) is 5.92 Å². The number of aliphatic carboxylic acids is 1. The van der Waals surface area contributed by atoms with Gasteiger partial charge >= 0.3 is 5.97 Å². The normalized spacial score (nSPS) is 23.4. The van der Waals surface area contributed by atoms with Crippen LogP contribution in [-0.4, -0.2) is 38.6 Å². The van der Waals surface area contributed by atoms with Gasteiger partial charge in [-0.15, -0.1) is 0 Å². The van der Waals surface area contributed by atoms with Crippen LogP contribution in [0.5, 0.6) is 0 Å². The molecule has 2 rings (SSSR count). The van der Waals surface area contributed by atoms with Crippen LogP contribution in [0.3, 0.4) is 0 Å². The Hall–Kier alpha value is -1.44. The lowest BCUT2D eigenvalue weighted by Gasteiger charge is -2.28. The van der Waals surface area contributed by atoms with Gasteiger partial charge in [0.05, 0.1) is 11.7 Å². The minimum absolute atomic E-state index is 0.0952. The molecule has 6 nitrogen and oxygen atoms in total. The third kappa shape index (κ3) is 4.29. The molecule has 1 fully saturated rings. The van der Waals surface area contributed by atoms with E-state index in [4.69, 9.17) is 5.11 Å². The van der Waals surface area contributed by atoms with E-state index in [2.05, 4.69) is 10.0 Å². The number of sulfonamides is 1. The van der Waals surface area contributed by atoms with Gasteiger partial charge in [0.2, 0.25) is 10.0 Å². The van der Waals surface area contributed by atoms with E-state index in [0.29, 0.717) is 25.1 Å². The van der Waals surface area contributed by atoms with Gasteiger partial charge in [-0.2, -0.15) is 0 Å². The topological polar surface area (TPSA) is 95.5 Å². The number of benzene rings is 1. The van der Waals surface area contributed by atoms with Crippen LogP contribution in [-0.2, 0) is 20.6 Å². The molecule has 1 saturated heterocycles. The number of hydrogen-bond donors (Lipinski definition) is 3. The summed E-state index contributed by atoms with van der Waals surface area (Å²) in [5.74, 6) is -1.54. The smallest absolute Gasteiger partial charge is 0.307 e. The minimum atomic E-state index is -3.47. The van der Waals surface area contributed by atoms with E-state index in [-0.39, 0.29) is 11.8 Å². The van der Waals surface area contributed by atoms with Crippen molar-refractivity contribution in [1.29, 1.82) is 0 Å². The molecule has 0 aromatic heterocycles. The first-order valence-electron chi connectivity index (χ1n) is 6.44. The molecule has 110 valence electrons. The van der Waals surface area contributed by atoms with E-state index in [0.717, 1.165) is 0 Å². The van der Waals surface area contributed by atoms with E-state index in [9.17, 15) is 13.2 Å². The second-order valence-electron chi connectivity index (χ2n) is 4.99. The number of carboxylic acids is 1. The Labute approximate surface area is 118 Å². The molecule has 1 aromatic carbocycles. The summed E-state index contributed by atoms with van der Waals surface area (Å²) in [7, 11) is -3.47. The van der Waals surface area contributed by atoms with Crippen molar-refractivity contribution in [3.05, 3.63) is 35.9 Å². The van der Waals surface area contributed by atoms with E-state index in [1.165, 1.54) is 0 Å². The molecule has 0 radical (unpaired) electrons. The van der Waals surface area contributed by atoms with Crippen molar-refractivity contribution in [1.82, 2.24) is 10.0 Å². The van der Waals surface area contributed by atoms with Crippen LogP contribution >= 0.6 is 0 Å². The molecule has 20 heavy (non-hydrogen) atoms. The van der Waals surface area contributed by atoms with Crippen molar-refractivity contribution in [2.45, 2.75) is 18.2 Å². The first kappa shape index (κ1) is 15.0. The van der Waals surface area contributed by atoms with E-state index in [1.807, 2.05) is 6.07 Å². The van der Waals surface area contributed by atoms with Gasteiger partial charge in [0.1, 0.15) is 0 Å². The highest BCUT2D eigenvalue weighted by Gasteiger charge is 2.29. The fraction of sp³-hybridized carbons (Fsp3) is 0.462. The van der Waals surface area contributed by atoms with Crippen LogP contribution in [0.4, 0.5) is 0 Å². The molecule has 2 unspecified atom stereocenters. The average molecular weight is 298 g/mol. The third-order valence-corrected chi connectivity index (χ3v) is 4.65. The van der Waals surface area contributed by atoms with E-state index in [1.54, 1.807) is 24.3 Å². The Morgan fingerprint density at radius 2 is 2.00 bits per heavy atom. The summed E-state index contributed by atoms with van der Waals surface area (Å²) in [5.41, 5.74) is 0.707. The summed E-state index contributed by atoms with van der Waals surface area (Å²) >= 11 is 0. The molecule has 3 N–H and O–H groups in total. The van der Waals surface area contributed by atoms with Gasteiger partial charge in [-0.05, 0) is 12.0 Å². The fourth-order valence-corrected chi connectivity index (χ4v) is 3.71. The number of hydrogen-bond acceptors (Lipinski definition) is 4. The van der Waals surface area contributed by atoms with E-state index < -0.39 is 21.9 Å². The summed E-state index contributed by atoms with van der Waals surface area (Å²) in [5, 5.41) is 11.9. The van der Waals surface area contributed by atoms with Gasteiger partial charge in [-0.25, -0.2) is 13.1 Å². The molecule has 1 aliphatic rings. The standard InChI is InChI=1S/C13H18N2O4S/c16-13(17)11-6-12(8-14-7-11)15-20(18,19)9-10-4-2-1-3-5-10/h1-5,11-12,14-15H,6-9H2,(H,16,17). The van der Waals surface area contributed by atoms with Crippen molar-refractivity contribution in [3.63, 3.8) is 0 Å². The monoisotopic (exact) mass is 298 g/mol. The maximum absolute atomic E-state index is 12.1. The van der Waals surface area contributed by atoms with Crippen molar-refractivity contribution in [2.24, 2.45) is 5.92 Å². The number of nitrogens with one attached hydrogen (secondary N) is 2. The zero-order valence-electron chi connectivity index (χ0n) is 11.0. The number of piperidine rings is 1. The molecule has 0 aliphatic carbocycles. The van der Waals surface area contributed by atoms with Crippen molar-refractivity contribution >= 4 is 16.0 Å². The SMILES string of the molecule is O=C(O)C1CNCC(NS(=O)(=O)Cc2ccccc2)C1. The van der Waals surface area contributed by atoms with Crippen LogP contribution in [0.1, 0.15) is 12.0 Å². The molecule has 0 amide bonds. The maximum atomic E-state index is 12.1. The highest BCUT2D eigenvalue weighted by atomic mass is 32.2. The number of carbonyl (C=O) groups is 1. The molecule has 1 aromatic rings. The Morgan fingerprint density at radius 3 is 2.65 bits per heavy atom. The predicted octanol–water partition coefficient (Wildman–Crippen LogP) is 0.169. The van der Waals surface area contributed by atoms with Crippen molar-refractivity contribution in [3.8, 4) is 0 Å². The molecule has 0 spiro atoms. The van der Waals surface area contributed by atoms with Gasteiger partial charge < -0.3 is 10.4 Å². The van der Waals surface area contributed by atoms with Gasteiger partial charge in [0.15, 0.2) is 0 Å². The molecule has 0 saturated carbocycles. The molecular formula is C13H18N2O4S. The largest absolute Gasteiger partial charge is 0.481 e. The quantitative estimate of drug-likeness (QED) is 0.720. The van der Waals surface area contributed by atoms with Crippen LogP contribution in [0.25, 0.3) is 0 Å². The van der Waals surface area contributed by atoms with Crippen LogP contribution < -0.4 is 10.0 Å². The predicted molar refractivity (Wildman–Crippen MR) is 74.6 cm³/mol. The summed E-state index contributed by atoms with van der Waals surface area (Å²) < 4.78 is 26.7. The molecule has 7 heteroatoms. The number of rotatable bonds is 5. The van der Waals surface area contributed by atoms with Gasteiger partial charge in [0.25, 0.3) is 0 Å². The summed E-state index contributed by atoms with van der Waals surface area (Å²) in [6, 6.07) is 8.52. The first-order chi connectivity index (χ1) is 9.46. The van der Waals surface area contributed by atoms with Crippen molar-refractivity contribution in [2.75, 3.05) is 13.1 Å². The van der Waals surface area contributed by atoms with Crippen molar-refractivity contribution < 1.29 is 18.3 Å². The zero-order valence-corrected chi connectivity index (χ0v) is 11.8. The number of carboxylic acid groups (broad SMARTS) is 1. The highest BCUT2D eigenvalue weighted by Crippen LogP contribution is 2.13. The highest BCUT2D eigenvalue weighted by molar-refractivity contribution is 7.88. The zero-order chi connectivity index (χ0) is 14.6. The lowest BCUT2D eigenvalue weighted by molar-refractivity contribution is -0.142. The van der Waals surface area contributed by atoms with E-state index >= 15 is 0 Å². The molecule has 2 atom stereocenters. The summed E-state index contributed by atoms with van der Waals surface area (Å²) in [4.78, 5) is 10.9. The molecule has 1 heterocycles.